The van der Waals surface area contributed by atoms with Gasteiger partial charge in [0, 0.05) is 23.5 Å². The number of aromatic nitrogens is 2. The molecule has 0 N–H and O–H groups in total. The van der Waals surface area contributed by atoms with E-state index in [0.717, 1.165) is 12.8 Å². The Morgan fingerprint density at radius 3 is 2.62 bits per heavy atom. The minimum Gasteiger partial charge on any atom is -0.486 e. The summed E-state index contributed by atoms with van der Waals surface area (Å²) in [6.45, 7) is 3.70. The normalized spacial score (nSPS) is 18.8. The Balaban J connectivity index is 1.68. The molecule has 9 heteroatoms. The zero-order valence-corrected chi connectivity index (χ0v) is 17.9. The van der Waals surface area contributed by atoms with Crippen molar-refractivity contribution in [2.75, 3.05) is 24.6 Å². The molecule has 4 rings (SSSR count). The fourth-order valence-corrected chi connectivity index (χ4v) is 4.34. The molecule has 0 unspecified atom stereocenters. The first kappa shape index (κ1) is 20.2. The molecule has 0 bridgehead atoms. The molecule has 1 aliphatic heterocycles. The SMILES string of the molecule is CC1(COc2c(N3CCC([SH](=O)=O)CC3)cnn(-c3cccc(Cl)c3)c2=O)CC1. The highest BCUT2D eigenvalue weighted by atomic mass is 35.5. The van der Waals surface area contributed by atoms with Crippen molar-refractivity contribution in [2.45, 2.75) is 37.9 Å². The Bertz CT molecular complexity index is 1030. The van der Waals surface area contributed by atoms with Crippen LogP contribution in [-0.2, 0) is 10.7 Å². The molecular weight excluding hydrogens is 414 g/mol. The number of hydrogen-bond acceptors (Lipinski definition) is 6. The number of anilines is 1. The first-order valence-corrected chi connectivity index (χ1v) is 11.4. The van der Waals surface area contributed by atoms with Crippen LogP contribution in [0.15, 0.2) is 35.3 Å². The smallest absolute Gasteiger partial charge is 0.316 e. The monoisotopic (exact) mass is 437 g/mol. The summed E-state index contributed by atoms with van der Waals surface area (Å²) in [7, 11) is -2.42. The summed E-state index contributed by atoms with van der Waals surface area (Å²) in [4.78, 5) is 15.3. The predicted molar refractivity (Wildman–Crippen MR) is 113 cm³/mol. The van der Waals surface area contributed by atoms with E-state index < -0.39 is 10.7 Å². The third kappa shape index (κ3) is 4.43. The summed E-state index contributed by atoms with van der Waals surface area (Å²) in [5.74, 6) is 0.262. The molecule has 1 aromatic heterocycles. The fraction of sp³-hybridized carbons (Fsp3) is 0.500. The van der Waals surface area contributed by atoms with Gasteiger partial charge in [-0.1, -0.05) is 24.6 Å². The maximum atomic E-state index is 13.3. The number of benzene rings is 1. The van der Waals surface area contributed by atoms with E-state index in [2.05, 4.69) is 12.0 Å². The van der Waals surface area contributed by atoms with E-state index in [-0.39, 0.29) is 22.0 Å². The molecule has 0 atom stereocenters. The van der Waals surface area contributed by atoms with Crippen molar-refractivity contribution in [3.05, 3.63) is 45.8 Å². The van der Waals surface area contributed by atoms with E-state index in [1.54, 1.807) is 30.5 Å². The van der Waals surface area contributed by atoms with Crippen molar-refractivity contribution < 1.29 is 13.2 Å². The molecule has 2 heterocycles. The van der Waals surface area contributed by atoms with Crippen LogP contribution in [0, 0.1) is 5.41 Å². The van der Waals surface area contributed by atoms with Gasteiger partial charge in [0.2, 0.25) is 5.75 Å². The number of nitrogens with zero attached hydrogens (tertiary/aromatic N) is 3. The Kier molecular flexibility index (Phi) is 5.57. The van der Waals surface area contributed by atoms with Crippen molar-refractivity contribution >= 4 is 28.0 Å². The Labute approximate surface area is 176 Å². The minimum absolute atomic E-state index is 0.113. The molecule has 156 valence electrons. The third-order valence-corrected chi connectivity index (χ3v) is 7.09. The molecular formula is C20H24ClN3O4S. The van der Waals surface area contributed by atoms with Gasteiger partial charge in [0.05, 0.1) is 23.7 Å². The van der Waals surface area contributed by atoms with E-state index in [0.29, 0.717) is 48.9 Å². The van der Waals surface area contributed by atoms with Crippen LogP contribution in [0.5, 0.6) is 5.75 Å². The fourth-order valence-electron chi connectivity index (χ4n) is 3.50. The van der Waals surface area contributed by atoms with E-state index in [4.69, 9.17) is 16.3 Å². The van der Waals surface area contributed by atoms with Crippen LogP contribution in [0.2, 0.25) is 5.02 Å². The van der Waals surface area contributed by atoms with E-state index in [1.807, 2.05) is 4.90 Å². The number of piperidine rings is 1. The van der Waals surface area contributed by atoms with Crippen LogP contribution in [0.1, 0.15) is 32.6 Å². The van der Waals surface area contributed by atoms with Crippen LogP contribution < -0.4 is 15.2 Å². The van der Waals surface area contributed by atoms with Crippen molar-refractivity contribution in [3.63, 3.8) is 0 Å². The number of thiol groups is 1. The van der Waals surface area contributed by atoms with Gasteiger partial charge in [-0.2, -0.15) is 9.78 Å². The summed E-state index contributed by atoms with van der Waals surface area (Å²) < 4.78 is 29.9. The first-order chi connectivity index (χ1) is 13.9. The van der Waals surface area contributed by atoms with Gasteiger partial charge in [0.25, 0.3) is 0 Å². The predicted octanol–water partition coefficient (Wildman–Crippen LogP) is 2.65. The summed E-state index contributed by atoms with van der Waals surface area (Å²) >= 11 is 6.08. The second kappa shape index (κ2) is 7.99. The average molecular weight is 438 g/mol. The average Bonchev–Trinajstić information content (AvgIpc) is 3.44. The van der Waals surface area contributed by atoms with Gasteiger partial charge in [-0.3, -0.25) is 4.79 Å². The van der Waals surface area contributed by atoms with Gasteiger partial charge in [-0.05, 0) is 43.9 Å². The second-order valence-electron chi connectivity index (χ2n) is 8.16. The van der Waals surface area contributed by atoms with Crippen molar-refractivity contribution in [1.29, 1.82) is 0 Å². The van der Waals surface area contributed by atoms with Gasteiger partial charge < -0.3 is 9.64 Å². The minimum atomic E-state index is -2.42. The molecule has 1 saturated carbocycles. The zero-order chi connectivity index (χ0) is 20.6. The molecule has 2 fully saturated rings. The maximum absolute atomic E-state index is 13.3. The molecule has 1 aliphatic carbocycles. The highest BCUT2D eigenvalue weighted by Gasteiger charge is 2.39. The van der Waals surface area contributed by atoms with E-state index in [9.17, 15) is 13.2 Å². The summed E-state index contributed by atoms with van der Waals surface area (Å²) in [6, 6.07) is 6.95. The molecule has 0 amide bonds. The van der Waals surface area contributed by atoms with Crippen molar-refractivity contribution in [1.82, 2.24) is 9.78 Å². The second-order valence-corrected chi connectivity index (χ2v) is 9.90. The number of ether oxygens (including phenoxy) is 1. The van der Waals surface area contributed by atoms with Crippen LogP contribution in [-0.4, -0.2) is 43.1 Å². The molecule has 1 saturated heterocycles. The number of halogens is 1. The van der Waals surface area contributed by atoms with Crippen molar-refractivity contribution in [3.8, 4) is 11.4 Å². The van der Waals surface area contributed by atoms with Gasteiger partial charge in [-0.25, -0.2) is 8.42 Å². The number of hydrogen-bond donors (Lipinski definition) is 1. The van der Waals surface area contributed by atoms with E-state index >= 15 is 0 Å². The Morgan fingerprint density at radius 2 is 2.00 bits per heavy atom. The lowest BCUT2D eigenvalue weighted by Crippen LogP contribution is -2.38. The number of rotatable bonds is 6. The first-order valence-electron chi connectivity index (χ1n) is 9.76. The van der Waals surface area contributed by atoms with Crippen molar-refractivity contribution in [2.24, 2.45) is 5.41 Å². The van der Waals surface area contributed by atoms with Crippen LogP contribution in [0.3, 0.4) is 0 Å². The lowest BCUT2D eigenvalue weighted by atomic mass is 10.1. The third-order valence-electron chi connectivity index (χ3n) is 5.74. The van der Waals surface area contributed by atoms with Gasteiger partial charge in [0.15, 0.2) is 0 Å². The lowest BCUT2D eigenvalue weighted by Gasteiger charge is -2.32. The topological polar surface area (TPSA) is 81.5 Å². The van der Waals surface area contributed by atoms with E-state index in [1.165, 1.54) is 4.68 Å². The largest absolute Gasteiger partial charge is 0.486 e. The Hall–Kier alpha value is -2.06. The molecule has 2 aromatic rings. The summed E-state index contributed by atoms with van der Waals surface area (Å²) in [5.41, 5.74) is 0.962. The highest BCUT2D eigenvalue weighted by Crippen LogP contribution is 2.45. The molecule has 29 heavy (non-hydrogen) atoms. The van der Waals surface area contributed by atoms with Gasteiger partial charge >= 0.3 is 5.56 Å². The van der Waals surface area contributed by atoms with Gasteiger partial charge in [0.1, 0.15) is 16.4 Å². The maximum Gasteiger partial charge on any atom is 0.316 e. The lowest BCUT2D eigenvalue weighted by molar-refractivity contribution is 0.243. The summed E-state index contributed by atoms with van der Waals surface area (Å²) in [6.07, 6.45) is 4.86. The molecule has 0 radical (unpaired) electrons. The quantitative estimate of drug-likeness (QED) is 0.699. The molecule has 0 spiro atoms. The van der Waals surface area contributed by atoms with Crippen LogP contribution in [0.25, 0.3) is 5.69 Å². The summed E-state index contributed by atoms with van der Waals surface area (Å²) in [5, 5.41) is 4.55. The Morgan fingerprint density at radius 1 is 1.28 bits per heavy atom. The zero-order valence-electron chi connectivity index (χ0n) is 16.2. The van der Waals surface area contributed by atoms with Gasteiger partial charge in [-0.15, -0.1) is 0 Å². The molecule has 7 nitrogen and oxygen atoms in total. The molecule has 1 aromatic carbocycles. The highest BCUT2D eigenvalue weighted by molar-refractivity contribution is 7.73. The standard InChI is InChI=1S/C20H24ClN3O4S/c1-20(7-8-20)13-28-18-17(23-9-5-16(6-10-23)29(26)27)12-22-24(19(18)25)15-4-2-3-14(21)11-15/h2-4,11-12,16,29H,5-10,13H2,1H3. The van der Waals surface area contributed by atoms with Crippen LogP contribution >= 0.6 is 11.6 Å². The molecule has 2 aliphatic rings. The van der Waals surface area contributed by atoms with Crippen LogP contribution in [0.4, 0.5) is 5.69 Å².